The number of aryl methyl sites for hydroxylation is 1. The molecule has 0 fully saturated rings. The first kappa shape index (κ1) is 15.0. The van der Waals surface area contributed by atoms with Crippen molar-refractivity contribution in [1.29, 1.82) is 0 Å². The number of nitrogens with two attached hydrogens (primary N) is 1. The van der Waals surface area contributed by atoms with Crippen LogP contribution in [0, 0.1) is 10.5 Å². The zero-order valence-corrected chi connectivity index (χ0v) is 13.5. The Balaban J connectivity index is 2.11. The molecule has 0 saturated carbocycles. The third-order valence-corrected chi connectivity index (χ3v) is 3.76. The van der Waals surface area contributed by atoms with Gasteiger partial charge in [-0.1, -0.05) is 12.1 Å². The fourth-order valence-electron chi connectivity index (χ4n) is 1.95. The lowest BCUT2D eigenvalue weighted by atomic mass is 10.1. The van der Waals surface area contributed by atoms with Gasteiger partial charge in [0, 0.05) is 14.8 Å². The zero-order chi connectivity index (χ0) is 14.5. The van der Waals surface area contributed by atoms with Crippen molar-refractivity contribution in [1.82, 2.24) is 0 Å². The maximum Gasteiger partial charge on any atom is 0.255 e. The molecule has 0 heterocycles. The fraction of sp³-hybridized carbons (Fsp3) is 0.188. The molecule has 2 aromatic rings. The van der Waals surface area contributed by atoms with Crippen LogP contribution >= 0.6 is 22.6 Å². The molecule has 0 aromatic heterocycles. The molecule has 0 bridgehead atoms. The quantitative estimate of drug-likeness (QED) is 0.800. The minimum absolute atomic E-state index is 0.0893. The van der Waals surface area contributed by atoms with Gasteiger partial charge in [0.1, 0.15) is 0 Å². The van der Waals surface area contributed by atoms with Gasteiger partial charge in [-0.2, -0.15) is 0 Å². The fourth-order valence-corrected chi connectivity index (χ4v) is 2.60. The molecule has 0 radical (unpaired) electrons. The Labute approximate surface area is 132 Å². The Morgan fingerprint density at radius 3 is 2.50 bits per heavy atom. The van der Waals surface area contributed by atoms with E-state index in [0.717, 1.165) is 26.8 Å². The predicted octanol–water partition coefficient (Wildman–Crippen LogP) is 3.35. The minimum atomic E-state index is -0.0893. The van der Waals surface area contributed by atoms with Crippen molar-refractivity contribution in [2.24, 2.45) is 5.73 Å². The molecular weight excluding hydrogens is 363 g/mol. The van der Waals surface area contributed by atoms with E-state index in [2.05, 4.69) is 27.9 Å². The van der Waals surface area contributed by atoms with Gasteiger partial charge in [-0.05, 0) is 83.9 Å². The number of halogens is 1. The number of anilines is 1. The predicted molar refractivity (Wildman–Crippen MR) is 91.0 cm³/mol. The molecule has 20 heavy (non-hydrogen) atoms. The lowest BCUT2D eigenvalue weighted by molar-refractivity contribution is 0.102. The monoisotopic (exact) mass is 380 g/mol. The smallest absolute Gasteiger partial charge is 0.255 e. The van der Waals surface area contributed by atoms with E-state index in [1.165, 1.54) is 0 Å². The average molecular weight is 380 g/mol. The first-order chi connectivity index (χ1) is 9.60. The van der Waals surface area contributed by atoms with E-state index < -0.39 is 0 Å². The normalized spacial score (nSPS) is 10.3. The number of nitrogens with one attached hydrogen (secondary N) is 1. The summed E-state index contributed by atoms with van der Waals surface area (Å²) in [5.41, 5.74) is 9.22. The summed E-state index contributed by atoms with van der Waals surface area (Å²) in [5.74, 6) is -0.0893. The molecule has 104 valence electrons. The van der Waals surface area contributed by atoms with Crippen molar-refractivity contribution in [3.05, 3.63) is 62.7 Å². The first-order valence-corrected chi connectivity index (χ1v) is 7.54. The van der Waals surface area contributed by atoms with Crippen LogP contribution in [0.15, 0.2) is 42.5 Å². The third-order valence-electron chi connectivity index (χ3n) is 3.09. The minimum Gasteiger partial charge on any atom is -0.330 e. The van der Waals surface area contributed by atoms with E-state index in [0.29, 0.717) is 12.1 Å². The summed E-state index contributed by atoms with van der Waals surface area (Å²) in [4.78, 5) is 12.2. The maximum absolute atomic E-state index is 12.2. The Bertz CT molecular complexity index is 608. The highest BCUT2D eigenvalue weighted by Gasteiger charge is 2.07. The van der Waals surface area contributed by atoms with Gasteiger partial charge in [0.15, 0.2) is 0 Å². The molecule has 0 spiro atoms. The molecule has 0 unspecified atom stereocenters. The number of hydrogen-bond donors (Lipinski definition) is 2. The van der Waals surface area contributed by atoms with Crippen molar-refractivity contribution in [3.8, 4) is 0 Å². The van der Waals surface area contributed by atoms with Crippen molar-refractivity contribution in [2.75, 3.05) is 11.9 Å². The molecule has 3 nitrogen and oxygen atoms in total. The number of carbonyl (C=O) groups excluding carboxylic acids is 1. The van der Waals surface area contributed by atoms with Gasteiger partial charge in [-0.3, -0.25) is 4.79 Å². The van der Waals surface area contributed by atoms with Gasteiger partial charge in [0.25, 0.3) is 5.91 Å². The van der Waals surface area contributed by atoms with Crippen LogP contribution in [0.1, 0.15) is 21.5 Å². The molecule has 2 rings (SSSR count). The van der Waals surface area contributed by atoms with Gasteiger partial charge in [0.05, 0.1) is 0 Å². The van der Waals surface area contributed by atoms with Crippen LogP contribution in [-0.4, -0.2) is 12.5 Å². The van der Waals surface area contributed by atoms with E-state index in [-0.39, 0.29) is 5.91 Å². The summed E-state index contributed by atoms with van der Waals surface area (Å²) < 4.78 is 1.16. The molecule has 0 aliphatic carbocycles. The highest BCUT2D eigenvalue weighted by Crippen LogP contribution is 2.18. The summed E-state index contributed by atoms with van der Waals surface area (Å²) in [7, 11) is 0. The lowest BCUT2D eigenvalue weighted by Crippen LogP contribution is -2.13. The second-order valence-corrected chi connectivity index (χ2v) is 5.89. The first-order valence-electron chi connectivity index (χ1n) is 6.46. The third kappa shape index (κ3) is 3.80. The standard InChI is InChI=1S/C16H17IN2O/c1-11-10-14(17)6-7-15(11)19-16(20)13-4-2-12(3-5-13)8-9-18/h2-7,10H,8-9,18H2,1H3,(H,19,20). The SMILES string of the molecule is Cc1cc(I)ccc1NC(=O)c1ccc(CCN)cc1. The van der Waals surface area contributed by atoms with Crippen LogP contribution < -0.4 is 11.1 Å². The van der Waals surface area contributed by atoms with E-state index in [4.69, 9.17) is 5.73 Å². The number of hydrogen-bond acceptors (Lipinski definition) is 2. The second kappa shape index (κ2) is 6.85. The van der Waals surface area contributed by atoms with Crippen LogP contribution in [0.3, 0.4) is 0 Å². The van der Waals surface area contributed by atoms with Crippen molar-refractivity contribution < 1.29 is 4.79 Å². The van der Waals surface area contributed by atoms with E-state index in [9.17, 15) is 4.79 Å². The number of amides is 1. The highest BCUT2D eigenvalue weighted by atomic mass is 127. The largest absolute Gasteiger partial charge is 0.330 e. The van der Waals surface area contributed by atoms with Gasteiger partial charge < -0.3 is 11.1 Å². The van der Waals surface area contributed by atoms with Gasteiger partial charge >= 0.3 is 0 Å². The van der Waals surface area contributed by atoms with Crippen LogP contribution in [0.25, 0.3) is 0 Å². The van der Waals surface area contributed by atoms with Gasteiger partial charge in [-0.15, -0.1) is 0 Å². The highest BCUT2D eigenvalue weighted by molar-refractivity contribution is 14.1. The van der Waals surface area contributed by atoms with Crippen molar-refractivity contribution in [3.63, 3.8) is 0 Å². The van der Waals surface area contributed by atoms with E-state index in [1.807, 2.05) is 49.4 Å². The van der Waals surface area contributed by atoms with Gasteiger partial charge in [-0.25, -0.2) is 0 Å². The van der Waals surface area contributed by atoms with Crippen molar-refractivity contribution in [2.45, 2.75) is 13.3 Å². The maximum atomic E-state index is 12.2. The molecule has 3 N–H and O–H groups in total. The average Bonchev–Trinajstić information content (AvgIpc) is 2.43. The molecule has 1 amide bonds. The number of benzene rings is 2. The summed E-state index contributed by atoms with van der Waals surface area (Å²) in [6.45, 7) is 2.61. The second-order valence-electron chi connectivity index (χ2n) is 4.65. The zero-order valence-electron chi connectivity index (χ0n) is 11.3. The van der Waals surface area contributed by atoms with Gasteiger partial charge in [0.2, 0.25) is 0 Å². The van der Waals surface area contributed by atoms with E-state index in [1.54, 1.807) is 0 Å². The molecule has 0 atom stereocenters. The molecule has 0 aliphatic rings. The molecular formula is C16H17IN2O. The topological polar surface area (TPSA) is 55.1 Å². The Kier molecular flexibility index (Phi) is 5.14. The molecule has 2 aromatic carbocycles. The Morgan fingerprint density at radius 2 is 1.90 bits per heavy atom. The van der Waals surface area contributed by atoms with Crippen LogP contribution in [0.5, 0.6) is 0 Å². The molecule has 4 heteroatoms. The number of carbonyl (C=O) groups is 1. The lowest BCUT2D eigenvalue weighted by Gasteiger charge is -2.09. The van der Waals surface area contributed by atoms with Crippen LogP contribution in [0.2, 0.25) is 0 Å². The van der Waals surface area contributed by atoms with Crippen LogP contribution in [0.4, 0.5) is 5.69 Å². The Morgan fingerprint density at radius 1 is 1.20 bits per heavy atom. The number of rotatable bonds is 4. The molecule has 0 saturated heterocycles. The van der Waals surface area contributed by atoms with Crippen molar-refractivity contribution >= 4 is 34.2 Å². The summed E-state index contributed by atoms with van der Waals surface area (Å²) in [6, 6.07) is 13.5. The van der Waals surface area contributed by atoms with E-state index >= 15 is 0 Å². The summed E-state index contributed by atoms with van der Waals surface area (Å²) in [6.07, 6.45) is 0.831. The van der Waals surface area contributed by atoms with Crippen LogP contribution in [-0.2, 0) is 6.42 Å². The Hall–Kier alpha value is -1.40. The summed E-state index contributed by atoms with van der Waals surface area (Å²) in [5, 5.41) is 2.94. The molecule has 0 aliphatic heterocycles. The summed E-state index contributed by atoms with van der Waals surface area (Å²) >= 11 is 2.26.